The first-order chi connectivity index (χ1) is 15.5. The number of benzene rings is 1. The topological polar surface area (TPSA) is 98.0 Å². The standard InChI is InChI=1S/C23H15ClN4O3S/c24-22-21(28-32(29,30)18-6-2-1-3-7-18)10-17(13-26-22)20-14-31-23-19(20)9-16(12-27-23)15-5-4-8-25-11-15/h1-14,28H. The fraction of sp³-hybridized carbons (Fsp3) is 0. The van der Waals surface area contributed by atoms with Crippen molar-refractivity contribution in [2.45, 2.75) is 4.90 Å². The molecule has 0 bridgehead atoms. The van der Waals surface area contributed by atoms with E-state index in [4.69, 9.17) is 16.0 Å². The van der Waals surface area contributed by atoms with Crippen LogP contribution in [-0.2, 0) is 10.0 Å². The number of fused-ring (bicyclic) bond motifs is 1. The second kappa shape index (κ2) is 8.07. The van der Waals surface area contributed by atoms with Crippen LogP contribution in [-0.4, -0.2) is 23.4 Å². The predicted molar refractivity (Wildman–Crippen MR) is 123 cm³/mol. The van der Waals surface area contributed by atoms with Crippen LogP contribution >= 0.6 is 11.6 Å². The molecule has 0 aliphatic carbocycles. The van der Waals surface area contributed by atoms with Crippen molar-refractivity contribution in [1.82, 2.24) is 15.0 Å². The second-order valence-corrected chi connectivity index (χ2v) is 8.99. The maximum absolute atomic E-state index is 12.7. The smallest absolute Gasteiger partial charge is 0.261 e. The van der Waals surface area contributed by atoms with Gasteiger partial charge in [0, 0.05) is 52.4 Å². The number of hydrogen-bond donors (Lipinski definition) is 1. The minimum Gasteiger partial charge on any atom is -0.445 e. The molecule has 158 valence electrons. The first-order valence-electron chi connectivity index (χ1n) is 9.53. The summed E-state index contributed by atoms with van der Waals surface area (Å²) in [6, 6.07) is 15.4. The van der Waals surface area contributed by atoms with E-state index in [1.165, 1.54) is 12.1 Å². The minimum atomic E-state index is -3.82. The van der Waals surface area contributed by atoms with Crippen LogP contribution in [0, 0.1) is 0 Å². The van der Waals surface area contributed by atoms with Gasteiger partial charge in [0.25, 0.3) is 10.0 Å². The molecule has 32 heavy (non-hydrogen) atoms. The number of nitrogens with zero attached hydrogens (tertiary/aromatic N) is 3. The molecule has 0 amide bonds. The van der Waals surface area contributed by atoms with Crippen molar-refractivity contribution in [3.63, 3.8) is 0 Å². The summed E-state index contributed by atoms with van der Waals surface area (Å²) in [6.07, 6.45) is 8.29. The van der Waals surface area contributed by atoms with Gasteiger partial charge in [0.15, 0.2) is 5.15 Å². The average molecular weight is 463 g/mol. The molecule has 7 nitrogen and oxygen atoms in total. The predicted octanol–water partition coefficient (Wildman–Crippen LogP) is 5.41. The molecule has 0 spiro atoms. The first kappa shape index (κ1) is 20.2. The minimum absolute atomic E-state index is 0.0373. The number of sulfonamides is 1. The number of aromatic nitrogens is 3. The van der Waals surface area contributed by atoms with E-state index in [0.717, 1.165) is 16.5 Å². The van der Waals surface area contributed by atoms with E-state index in [2.05, 4.69) is 19.7 Å². The third kappa shape index (κ3) is 3.81. The molecular formula is C23H15ClN4O3S. The molecule has 0 unspecified atom stereocenters. The van der Waals surface area contributed by atoms with Crippen LogP contribution in [0.3, 0.4) is 0 Å². The van der Waals surface area contributed by atoms with Crippen LogP contribution in [0.1, 0.15) is 0 Å². The zero-order chi connectivity index (χ0) is 22.1. The molecule has 0 aliphatic rings. The van der Waals surface area contributed by atoms with Gasteiger partial charge in [0.05, 0.1) is 10.6 Å². The molecule has 5 rings (SSSR count). The Labute approximate surface area is 188 Å². The number of pyridine rings is 3. The molecule has 9 heteroatoms. The van der Waals surface area contributed by atoms with Crippen molar-refractivity contribution in [3.05, 3.63) is 90.8 Å². The first-order valence-corrected chi connectivity index (χ1v) is 11.4. The SMILES string of the molecule is O=S(=O)(Nc1cc(-c2coc3ncc(-c4cccnc4)cc23)cnc1Cl)c1ccccc1. The largest absolute Gasteiger partial charge is 0.445 e. The summed E-state index contributed by atoms with van der Waals surface area (Å²) < 4.78 is 33.6. The zero-order valence-corrected chi connectivity index (χ0v) is 18.0. The van der Waals surface area contributed by atoms with Crippen LogP contribution in [0.5, 0.6) is 0 Å². The highest BCUT2D eigenvalue weighted by Crippen LogP contribution is 2.35. The third-order valence-corrected chi connectivity index (χ3v) is 6.56. The lowest BCUT2D eigenvalue weighted by Crippen LogP contribution is -2.13. The molecule has 0 fully saturated rings. The van der Waals surface area contributed by atoms with Crippen molar-refractivity contribution in [2.24, 2.45) is 0 Å². The van der Waals surface area contributed by atoms with Crippen molar-refractivity contribution in [1.29, 1.82) is 0 Å². The molecule has 0 saturated carbocycles. The summed E-state index contributed by atoms with van der Waals surface area (Å²) in [5.41, 5.74) is 3.75. The van der Waals surface area contributed by atoms with Gasteiger partial charge < -0.3 is 4.42 Å². The van der Waals surface area contributed by atoms with E-state index < -0.39 is 10.0 Å². The lowest BCUT2D eigenvalue weighted by molar-refractivity contribution is 0.601. The van der Waals surface area contributed by atoms with Crippen molar-refractivity contribution in [3.8, 4) is 22.3 Å². The Morgan fingerprint density at radius 2 is 1.69 bits per heavy atom. The summed E-state index contributed by atoms with van der Waals surface area (Å²) in [6.45, 7) is 0. The van der Waals surface area contributed by atoms with Gasteiger partial charge >= 0.3 is 0 Å². The maximum atomic E-state index is 12.7. The second-order valence-electron chi connectivity index (χ2n) is 6.95. The summed E-state index contributed by atoms with van der Waals surface area (Å²) in [5, 5.41) is 0.794. The molecule has 0 saturated heterocycles. The van der Waals surface area contributed by atoms with Gasteiger partial charge in [-0.3, -0.25) is 9.71 Å². The van der Waals surface area contributed by atoms with Crippen LogP contribution < -0.4 is 4.72 Å². The van der Waals surface area contributed by atoms with E-state index >= 15 is 0 Å². The number of anilines is 1. The highest BCUT2D eigenvalue weighted by molar-refractivity contribution is 7.92. The third-order valence-electron chi connectivity index (χ3n) is 4.87. The average Bonchev–Trinajstić information content (AvgIpc) is 3.25. The molecular weight excluding hydrogens is 448 g/mol. The number of halogens is 1. The molecule has 4 aromatic heterocycles. The Kier molecular flexibility index (Phi) is 5.08. The van der Waals surface area contributed by atoms with Crippen LogP contribution in [0.4, 0.5) is 5.69 Å². The van der Waals surface area contributed by atoms with Gasteiger partial charge in [-0.2, -0.15) is 0 Å². The lowest BCUT2D eigenvalue weighted by Gasteiger charge is -2.10. The quantitative estimate of drug-likeness (QED) is 0.351. The van der Waals surface area contributed by atoms with Crippen LogP contribution in [0.2, 0.25) is 5.15 Å². The highest BCUT2D eigenvalue weighted by atomic mass is 35.5. The fourth-order valence-electron chi connectivity index (χ4n) is 3.30. The zero-order valence-electron chi connectivity index (χ0n) is 16.4. The van der Waals surface area contributed by atoms with E-state index in [1.54, 1.807) is 55.3 Å². The Bertz CT molecular complexity index is 1520. The van der Waals surface area contributed by atoms with Gasteiger partial charge in [-0.25, -0.2) is 18.4 Å². The van der Waals surface area contributed by atoms with Crippen molar-refractivity contribution < 1.29 is 12.8 Å². The Morgan fingerprint density at radius 3 is 2.47 bits per heavy atom. The molecule has 5 aromatic rings. The summed E-state index contributed by atoms with van der Waals surface area (Å²) >= 11 is 6.19. The van der Waals surface area contributed by atoms with Crippen LogP contribution in [0.15, 0.2) is 95.0 Å². The van der Waals surface area contributed by atoms with Gasteiger partial charge in [-0.15, -0.1) is 0 Å². The Hall–Kier alpha value is -3.75. The van der Waals surface area contributed by atoms with Gasteiger partial charge in [0.2, 0.25) is 5.71 Å². The van der Waals surface area contributed by atoms with Gasteiger partial charge in [-0.1, -0.05) is 35.9 Å². The van der Waals surface area contributed by atoms with E-state index in [-0.39, 0.29) is 15.7 Å². The molecule has 1 N–H and O–H groups in total. The number of furan rings is 1. The highest BCUT2D eigenvalue weighted by Gasteiger charge is 2.18. The van der Waals surface area contributed by atoms with Crippen molar-refractivity contribution >= 4 is 38.4 Å². The number of nitrogens with one attached hydrogen (secondary N) is 1. The van der Waals surface area contributed by atoms with E-state index in [1.807, 2.05) is 18.2 Å². The van der Waals surface area contributed by atoms with Crippen molar-refractivity contribution in [2.75, 3.05) is 4.72 Å². The number of hydrogen-bond acceptors (Lipinski definition) is 6. The lowest BCUT2D eigenvalue weighted by atomic mass is 10.0. The monoisotopic (exact) mass is 462 g/mol. The van der Waals surface area contributed by atoms with Gasteiger partial charge in [0.1, 0.15) is 6.26 Å². The molecule has 0 atom stereocenters. The molecule has 1 aromatic carbocycles. The Balaban J connectivity index is 1.56. The summed E-state index contributed by atoms with van der Waals surface area (Å²) in [4.78, 5) is 12.8. The van der Waals surface area contributed by atoms with E-state index in [9.17, 15) is 8.42 Å². The van der Waals surface area contributed by atoms with E-state index in [0.29, 0.717) is 16.8 Å². The molecule has 0 aliphatic heterocycles. The van der Waals surface area contributed by atoms with Gasteiger partial charge in [-0.05, 0) is 30.3 Å². The summed E-state index contributed by atoms with van der Waals surface area (Å²) in [5.74, 6) is 0. The fourth-order valence-corrected chi connectivity index (χ4v) is 4.59. The van der Waals surface area contributed by atoms with Crippen LogP contribution in [0.25, 0.3) is 33.4 Å². The maximum Gasteiger partial charge on any atom is 0.261 e. The molecule has 4 heterocycles. The Morgan fingerprint density at radius 1 is 0.875 bits per heavy atom. The number of rotatable bonds is 5. The normalized spacial score (nSPS) is 11.5. The summed E-state index contributed by atoms with van der Waals surface area (Å²) in [7, 11) is -3.82. The molecule has 0 radical (unpaired) electrons.